The number of carbonyl (C=O) groups is 1. The number of hydrogen-bond acceptors (Lipinski definition) is 3. The molecule has 1 unspecified atom stereocenters. The van der Waals surface area contributed by atoms with Crippen LogP contribution in [-0.4, -0.2) is 33.4 Å². The van der Waals surface area contributed by atoms with Crippen LogP contribution in [0, 0.1) is 0 Å². The molecule has 2 N–H and O–H groups in total. The van der Waals surface area contributed by atoms with Gasteiger partial charge in [-0.15, -0.1) is 0 Å². The highest BCUT2D eigenvalue weighted by molar-refractivity contribution is 6.30. The number of hydrogen-bond donors (Lipinski definition) is 2. The van der Waals surface area contributed by atoms with Crippen LogP contribution in [0.2, 0.25) is 5.02 Å². The number of aromatic nitrogens is 2. The van der Waals surface area contributed by atoms with Gasteiger partial charge in [-0.05, 0) is 37.3 Å². The van der Waals surface area contributed by atoms with Crippen molar-refractivity contribution in [2.24, 2.45) is 0 Å². The third-order valence-electron chi connectivity index (χ3n) is 3.96. The van der Waals surface area contributed by atoms with Gasteiger partial charge in [-0.1, -0.05) is 41.9 Å². The zero-order valence-corrected chi connectivity index (χ0v) is 15.6. The Morgan fingerprint density at radius 2 is 1.93 bits per heavy atom. The molecular weight excluding hydrogens is 362 g/mol. The maximum atomic E-state index is 12.0. The van der Waals surface area contributed by atoms with E-state index in [9.17, 15) is 4.79 Å². The molecule has 2 aromatic carbocycles. The molecule has 6 heteroatoms. The molecule has 3 rings (SSSR count). The smallest absolute Gasteiger partial charge is 0.244 e. The third kappa shape index (κ3) is 4.84. The lowest BCUT2D eigenvalue weighted by Crippen LogP contribution is -2.33. The Labute approximate surface area is 162 Å². The average Bonchev–Trinajstić information content (AvgIpc) is 3.12. The van der Waals surface area contributed by atoms with E-state index in [0.717, 1.165) is 22.5 Å². The Hall–Kier alpha value is -2.89. The van der Waals surface area contributed by atoms with Gasteiger partial charge in [0.1, 0.15) is 0 Å². The molecular formula is C21H20ClN3O2. The predicted octanol–water partition coefficient (Wildman–Crippen LogP) is 3.70. The minimum atomic E-state index is -0.301. The zero-order valence-electron chi connectivity index (χ0n) is 14.8. The molecule has 27 heavy (non-hydrogen) atoms. The van der Waals surface area contributed by atoms with Gasteiger partial charge in [0, 0.05) is 34.5 Å². The van der Waals surface area contributed by atoms with Gasteiger partial charge in [0.15, 0.2) is 0 Å². The lowest BCUT2D eigenvalue weighted by molar-refractivity contribution is -0.117. The van der Waals surface area contributed by atoms with Gasteiger partial charge in [0.05, 0.1) is 18.0 Å². The lowest BCUT2D eigenvalue weighted by atomic mass is 10.1. The van der Waals surface area contributed by atoms with Crippen LogP contribution in [0.25, 0.3) is 23.0 Å². The van der Waals surface area contributed by atoms with Gasteiger partial charge in [0.2, 0.25) is 5.91 Å². The van der Waals surface area contributed by atoms with Crippen molar-refractivity contribution in [3.8, 4) is 16.9 Å². The maximum absolute atomic E-state index is 12.0. The number of amides is 1. The summed E-state index contributed by atoms with van der Waals surface area (Å²) >= 11 is 5.99. The number of nitrogens with zero attached hydrogens (tertiary/aromatic N) is 2. The Morgan fingerprint density at radius 3 is 2.59 bits per heavy atom. The summed E-state index contributed by atoms with van der Waals surface area (Å²) in [6.45, 7) is 1.62. The van der Waals surface area contributed by atoms with Gasteiger partial charge in [-0.3, -0.25) is 4.79 Å². The first-order valence-electron chi connectivity index (χ1n) is 8.57. The van der Waals surface area contributed by atoms with Crippen molar-refractivity contribution < 1.29 is 9.90 Å². The molecule has 5 nitrogen and oxygen atoms in total. The molecule has 1 heterocycles. The molecule has 138 valence electrons. The molecule has 1 amide bonds. The first-order chi connectivity index (χ1) is 13.1. The normalized spacial score (nSPS) is 12.3. The van der Waals surface area contributed by atoms with Crippen molar-refractivity contribution in [2.75, 3.05) is 6.61 Å². The number of carbonyl (C=O) groups excluding carboxylic acids is 1. The molecule has 0 aliphatic rings. The van der Waals surface area contributed by atoms with Crippen LogP contribution in [0.4, 0.5) is 0 Å². The van der Waals surface area contributed by atoms with Crippen molar-refractivity contribution in [3.63, 3.8) is 0 Å². The van der Waals surface area contributed by atoms with E-state index in [1.165, 1.54) is 6.08 Å². The Bertz CT molecular complexity index is 934. The molecule has 0 saturated heterocycles. The summed E-state index contributed by atoms with van der Waals surface area (Å²) in [7, 11) is 0. The number of nitrogens with one attached hydrogen (secondary N) is 1. The number of aliphatic hydroxyl groups excluding tert-OH is 1. The van der Waals surface area contributed by atoms with E-state index in [1.807, 2.05) is 60.8 Å². The summed E-state index contributed by atoms with van der Waals surface area (Å²) in [5.74, 6) is -0.272. The van der Waals surface area contributed by atoms with Crippen molar-refractivity contribution in [1.29, 1.82) is 0 Å². The summed E-state index contributed by atoms with van der Waals surface area (Å²) in [5, 5.41) is 17.1. The highest BCUT2D eigenvalue weighted by atomic mass is 35.5. The van der Waals surface area contributed by atoms with E-state index < -0.39 is 0 Å². The fourth-order valence-corrected chi connectivity index (χ4v) is 2.68. The average molecular weight is 382 g/mol. The second-order valence-corrected chi connectivity index (χ2v) is 6.58. The van der Waals surface area contributed by atoms with Crippen molar-refractivity contribution in [3.05, 3.63) is 77.5 Å². The fraction of sp³-hybridized carbons (Fsp3) is 0.143. The van der Waals surface area contributed by atoms with Crippen LogP contribution in [0.1, 0.15) is 12.5 Å². The Balaban J connectivity index is 1.96. The lowest BCUT2D eigenvalue weighted by Gasteiger charge is -2.07. The Kier molecular flexibility index (Phi) is 6.06. The van der Waals surface area contributed by atoms with Crippen LogP contribution < -0.4 is 5.32 Å². The summed E-state index contributed by atoms with van der Waals surface area (Å²) in [6, 6.07) is 16.9. The van der Waals surface area contributed by atoms with Crippen LogP contribution >= 0.6 is 11.6 Å². The first kappa shape index (κ1) is 18.9. The minimum Gasteiger partial charge on any atom is -0.394 e. The molecule has 0 aliphatic carbocycles. The Morgan fingerprint density at radius 1 is 1.22 bits per heavy atom. The number of benzene rings is 2. The van der Waals surface area contributed by atoms with E-state index in [-0.39, 0.29) is 18.6 Å². The van der Waals surface area contributed by atoms with Gasteiger partial charge in [-0.2, -0.15) is 5.10 Å². The number of halogens is 1. The van der Waals surface area contributed by atoms with E-state index in [1.54, 1.807) is 17.7 Å². The van der Waals surface area contributed by atoms with E-state index in [2.05, 4.69) is 10.4 Å². The van der Waals surface area contributed by atoms with E-state index in [0.29, 0.717) is 5.02 Å². The third-order valence-corrected chi connectivity index (χ3v) is 4.21. The molecule has 0 bridgehead atoms. The maximum Gasteiger partial charge on any atom is 0.244 e. The van der Waals surface area contributed by atoms with Crippen molar-refractivity contribution in [2.45, 2.75) is 13.0 Å². The highest BCUT2D eigenvalue weighted by Crippen LogP contribution is 2.26. The van der Waals surface area contributed by atoms with Crippen LogP contribution in [0.5, 0.6) is 0 Å². The summed E-state index contributed by atoms with van der Waals surface area (Å²) in [5.41, 5.74) is 3.37. The van der Waals surface area contributed by atoms with Crippen LogP contribution in [0.3, 0.4) is 0 Å². The highest BCUT2D eigenvalue weighted by Gasteiger charge is 2.11. The number of rotatable bonds is 6. The molecule has 0 radical (unpaired) electrons. The summed E-state index contributed by atoms with van der Waals surface area (Å²) in [4.78, 5) is 12.0. The predicted molar refractivity (Wildman–Crippen MR) is 108 cm³/mol. The molecule has 3 aromatic rings. The first-order valence-corrected chi connectivity index (χ1v) is 8.95. The minimum absolute atomic E-state index is 0.110. The van der Waals surface area contributed by atoms with Gasteiger partial charge < -0.3 is 10.4 Å². The van der Waals surface area contributed by atoms with Crippen LogP contribution in [-0.2, 0) is 4.79 Å². The van der Waals surface area contributed by atoms with Gasteiger partial charge >= 0.3 is 0 Å². The molecule has 0 aliphatic heterocycles. The largest absolute Gasteiger partial charge is 0.394 e. The van der Waals surface area contributed by atoms with Crippen molar-refractivity contribution >= 4 is 23.6 Å². The SMILES string of the molecule is CC(CO)NC(=O)/C=C/c1cn(-c2ccccc2)nc1-c1ccc(Cl)cc1. The molecule has 0 fully saturated rings. The molecule has 1 aromatic heterocycles. The van der Waals surface area contributed by atoms with Crippen LogP contribution in [0.15, 0.2) is 66.9 Å². The second-order valence-electron chi connectivity index (χ2n) is 6.15. The van der Waals surface area contributed by atoms with E-state index >= 15 is 0 Å². The second kappa shape index (κ2) is 8.66. The van der Waals surface area contributed by atoms with Crippen molar-refractivity contribution in [1.82, 2.24) is 15.1 Å². The molecule has 0 spiro atoms. The van der Waals surface area contributed by atoms with Gasteiger partial charge in [-0.25, -0.2) is 4.68 Å². The standard InChI is InChI=1S/C21H20ClN3O2/c1-15(14-26)23-20(27)12-9-17-13-25(19-5-3-2-4-6-19)24-21(17)16-7-10-18(22)11-8-16/h2-13,15,26H,14H2,1H3,(H,23,27)/b12-9+. The summed E-state index contributed by atoms with van der Waals surface area (Å²) < 4.78 is 1.78. The zero-order chi connectivity index (χ0) is 19.2. The monoisotopic (exact) mass is 381 g/mol. The fourth-order valence-electron chi connectivity index (χ4n) is 2.56. The molecule has 1 atom stereocenters. The summed E-state index contributed by atoms with van der Waals surface area (Å²) in [6.07, 6.45) is 5.03. The van der Waals surface area contributed by atoms with Gasteiger partial charge in [0.25, 0.3) is 0 Å². The number of aliphatic hydroxyl groups is 1. The topological polar surface area (TPSA) is 67.2 Å². The number of para-hydroxylation sites is 1. The van der Waals surface area contributed by atoms with E-state index in [4.69, 9.17) is 16.7 Å². The quantitative estimate of drug-likeness (QED) is 0.640. The molecule has 0 saturated carbocycles.